The first-order valence-corrected chi connectivity index (χ1v) is 6.90. The lowest BCUT2D eigenvalue weighted by molar-refractivity contribution is -0.137. The lowest BCUT2D eigenvalue weighted by atomic mass is 9.71. The van der Waals surface area contributed by atoms with Gasteiger partial charge in [-0.25, -0.2) is 0 Å². The van der Waals surface area contributed by atoms with Crippen molar-refractivity contribution in [2.75, 3.05) is 0 Å². The van der Waals surface area contributed by atoms with Gasteiger partial charge in [0.2, 0.25) is 0 Å². The van der Waals surface area contributed by atoms with Gasteiger partial charge in [-0.05, 0) is 43.2 Å². The Bertz CT molecular complexity index is 493. The summed E-state index contributed by atoms with van der Waals surface area (Å²) in [5.41, 5.74) is -0.325. The molecule has 0 unspecified atom stereocenters. The number of benzene rings is 1. The monoisotopic (exact) mass is 284 g/mol. The van der Waals surface area contributed by atoms with Gasteiger partial charge in [0.15, 0.2) is 5.78 Å². The van der Waals surface area contributed by atoms with E-state index >= 15 is 0 Å². The first-order valence-electron chi connectivity index (χ1n) is 6.90. The second-order valence-electron chi connectivity index (χ2n) is 6.38. The van der Waals surface area contributed by atoms with E-state index in [1.165, 1.54) is 12.1 Å². The molecule has 4 heteroatoms. The van der Waals surface area contributed by atoms with E-state index in [1.54, 1.807) is 0 Å². The Kier molecular flexibility index (Phi) is 3.94. The summed E-state index contributed by atoms with van der Waals surface area (Å²) < 4.78 is 38.0. The Morgan fingerprint density at radius 3 is 2.35 bits per heavy atom. The molecular formula is C16H19F3O. The van der Waals surface area contributed by atoms with Gasteiger partial charge < -0.3 is 0 Å². The first kappa shape index (κ1) is 15.1. The highest BCUT2D eigenvalue weighted by Crippen LogP contribution is 2.39. The van der Waals surface area contributed by atoms with E-state index in [0.717, 1.165) is 37.8 Å². The van der Waals surface area contributed by atoms with Crippen molar-refractivity contribution in [3.8, 4) is 0 Å². The lowest BCUT2D eigenvalue weighted by Gasteiger charge is -2.33. The molecule has 0 aromatic heterocycles. The third kappa shape index (κ3) is 3.41. The van der Waals surface area contributed by atoms with Gasteiger partial charge >= 0.3 is 6.18 Å². The summed E-state index contributed by atoms with van der Waals surface area (Å²) in [6.45, 7) is 4.33. The van der Waals surface area contributed by atoms with Crippen molar-refractivity contribution >= 4 is 5.78 Å². The van der Waals surface area contributed by atoms with Crippen molar-refractivity contribution in [1.29, 1.82) is 0 Å². The summed E-state index contributed by atoms with van der Waals surface area (Å²) in [6, 6.07) is 4.77. The number of hydrogen-bond donors (Lipinski definition) is 0. The molecule has 1 saturated carbocycles. The van der Waals surface area contributed by atoms with Gasteiger partial charge in [-0.2, -0.15) is 13.2 Å². The van der Waals surface area contributed by atoms with Crippen LogP contribution >= 0.6 is 0 Å². The van der Waals surface area contributed by atoms with E-state index < -0.39 is 11.7 Å². The summed E-state index contributed by atoms with van der Waals surface area (Å²) in [7, 11) is 0. The summed E-state index contributed by atoms with van der Waals surface area (Å²) >= 11 is 0. The van der Waals surface area contributed by atoms with Crippen LogP contribution < -0.4 is 0 Å². The highest BCUT2D eigenvalue weighted by Gasteiger charge is 2.33. The standard InChI is InChI=1S/C16H19F3O/c1-15(2)8-6-11(7-9-15)14(20)12-4-3-5-13(10-12)16(17,18)19/h3-5,10-11H,6-9H2,1-2H3. The van der Waals surface area contributed by atoms with E-state index in [9.17, 15) is 18.0 Å². The topological polar surface area (TPSA) is 17.1 Å². The molecule has 1 aliphatic carbocycles. The van der Waals surface area contributed by atoms with Crippen LogP contribution in [0.3, 0.4) is 0 Å². The third-order valence-corrected chi connectivity index (χ3v) is 4.18. The van der Waals surface area contributed by atoms with Crippen molar-refractivity contribution < 1.29 is 18.0 Å². The Morgan fingerprint density at radius 2 is 1.80 bits per heavy atom. The molecule has 1 nitrogen and oxygen atoms in total. The van der Waals surface area contributed by atoms with Crippen LogP contribution in [-0.2, 0) is 6.18 Å². The second kappa shape index (κ2) is 5.23. The van der Waals surface area contributed by atoms with Crippen molar-refractivity contribution in [2.45, 2.75) is 45.7 Å². The zero-order valence-electron chi connectivity index (χ0n) is 11.8. The maximum absolute atomic E-state index is 12.7. The molecule has 1 aromatic carbocycles. The zero-order valence-corrected chi connectivity index (χ0v) is 11.8. The van der Waals surface area contributed by atoms with Crippen LogP contribution in [0, 0.1) is 11.3 Å². The molecule has 0 aliphatic heterocycles. The molecule has 1 aromatic rings. The molecule has 0 saturated heterocycles. The van der Waals surface area contributed by atoms with E-state index in [0.29, 0.717) is 0 Å². The summed E-state index contributed by atoms with van der Waals surface area (Å²) in [5, 5.41) is 0. The number of carbonyl (C=O) groups excluding carboxylic acids is 1. The molecule has 110 valence electrons. The minimum Gasteiger partial charge on any atom is -0.294 e. The van der Waals surface area contributed by atoms with Crippen LogP contribution in [0.15, 0.2) is 24.3 Å². The fraction of sp³-hybridized carbons (Fsp3) is 0.562. The first-order chi connectivity index (χ1) is 9.19. The minimum atomic E-state index is -4.40. The largest absolute Gasteiger partial charge is 0.416 e. The molecule has 0 spiro atoms. The number of ketones is 1. The number of hydrogen-bond acceptors (Lipinski definition) is 1. The Balaban J connectivity index is 2.14. The molecule has 0 atom stereocenters. The average molecular weight is 284 g/mol. The lowest BCUT2D eigenvalue weighted by Crippen LogP contribution is -2.26. The maximum atomic E-state index is 12.7. The molecule has 1 aliphatic rings. The van der Waals surface area contributed by atoms with E-state index in [2.05, 4.69) is 13.8 Å². The highest BCUT2D eigenvalue weighted by molar-refractivity contribution is 5.98. The van der Waals surface area contributed by atoms with Gasteiger partial charge in [-0.15, -0.1) is 0 Å². The normalized spacial score (nSPS) is 19.9. The Morgan fingerprint density at radius 1 is 1.20 bits per heavy atom. The minimum absolute atomic E-state index is 0.133. The maximum Gasteiger partial charge on any atom is 0.416 e. The van der Waals surface area contributed by atoms with E-state index in [4.69, 9.17) is 0 Å². The fourth-order valence-electron chi connectivity index (χ4n) is 2.75. The van der Waals surface area contributed by atoms with Gasteiger partial charge in [0.05, 0.1) is 5.56 Å². The zero-order chi connectivity index (χ0) is 15.0. The Labute approximate surface area is 117 Å². The van der Waals surface area contributed by atoms with Crippen LogP contribution in [0.25, 0.3) is 0 Å². The van der Waals surface area contributed by atoms with Gasteiger partial charge in [-0.3, -0.25) is 4.79 Å². The van der Waals surface area contributed by atoms with Crippen molar-refractivity contribution in [3.63, 3.8) is 0 Å². The van der Waals surface area contributed by atoms with E-state index in [-0.39, 0.29) is 22.7 Å². The van der Waals surface area contributed by atoms with Gasteiger partial charge in [0.25, 0.3) is 0 Å². The molecule has 1 fully saturated rings. The third-order valence-electron chi connectivity index (χ3n) is 4.18. The molecule has 0 amide bonds. The number of carbonyl (C=O) groups is 1. The van der Waals surface area contributed by atoms with Gasteiger partial charge in [-0.1, -0.05) is 26.0 Å². The number of Topliss-reactive ketones (excluding diaryl/α,β-unsaturated/α-hetero) is 1. The van der Waals surface area contributed by atoms with Crippen LogP contribution in [0.5, 0.6) is 0 Å². The predicted molar refractivity (Wildman–Crippen MR) is 71.5 cm³/mol. The van der Waals surface area contributed by atoms with Gasteiger partial charge in [0.1, 0.15) is 0 Å². The number of halogens is 3. The molecular weight excluding hydrogens is 265 g/mol. The van der Waals surface area contributed by atoms with Crippen molar-refractivity contribution in [1.82, 2.24) is 0 Å². The molecule has 0 radical (unpaired) electrons. The number of rotatable bonds is 2. The summed E-state index contributed by atoms with van der Waals surface area (Å²) in [5.74, 6) is -0.280. The van der Waals surface area contributed by atoms with Crippen molar-refractivity contribution in [3.05, 3.63) is 35.4 Å². The average Bonchev–Trinajstić information content (AvgIpc) is 2.37. The van der Waals surface area contributed by atoms with E-state index in [1.807, 2.05) is 0 Å². The quantitative estimate of drug-likeness (QED) is 0.690. The van der Waals surface area contributed by atoms with Crippen molar-refractivity contribution in [2.24, 2.45) is 11.3 Å². The molecule has 0 bridgehead atoms. The van der Waals surface area contributed by atoms with Crippen LogP contribution in [0.2, 0.25) is 0 Å². The van der Waals surface area contributed by atoms with Crippen LogP contribution in [0.1, 0.15) is 55.5 Å². The fourth-order valence-corrected chi connectivity index (χ4v) is 2.75. The molecule has 20 heavy (non-hydrogen) atoms. The molecule has 0 N–H and O–H groups in total. The second-order valence-corrected chi connectivity index (χ2v) is 6.38. The SMILES string of the molecule is CC1(C)CCC(C(=O)c2cccc(C(F)(F)F)c2)CC1. The number of alkyl halides is 3. The Hall–Kier alpha value is -1.32. The summed E-state index contributed by atoms with van der Waals surface area (Å²) in [6.07, 6.45) is -0.972. The molecule has 0 heterocycles. The highest BCUT2D eigenvalue weighted by atomic mass is 19.4. The molecule has 2 rings (SSSR count). The van der Waals surface area contributed by atoms with Crippen LogP contribution in [-0.4, -0.2) is 5.78 Å². The van der Waals surface area contributed by atoms with Gasteiger partial charge in [0, 0.05) is 11.5 Å². The predicted octanol–water partition coefficient (Wildman–Crippen LogP) is 5.10. The smallest absolute Gasteiger partial charge is 0.294 e. The van der Waals surface area contributed by atoms with Crippen LogP contribution in [0.4, 0.5) is 13.2 Å². The summed E-state index contributed by atoms with van der Waals surface area (Å²) in [4.78, 5) is 12.3.